The van der Waals surface area contributed by atoms with Crippen LogP contribution in [0, 0.1) is 0 Å². The van der Waals surface area contributed by atoms with Crippen LogP contribution in [-0.4, -0.2) is 12.8 Å². The van der Waals surface area contributed by atoms with Crippen molar-refractivity contribution >= 4 is 34.7 Å². The van der Waals surface area contributed by atoms with E-state index in [9.17, 15) is 4.79 Å². The van der Waals surface area contributed by atoms with Gasteiger partial charge in [-0.2, -0.15) is 0 Å². The van der Waals surface area contributed by atoms with Gasteiger partial charge in [-0.1, -0.05) is 41.9 Å². The van der Waals surface area contributed by atoms with Gasteiger partial charge in [-0.05, 0) is 31.2 Å². The number of hydrogen-bond acceptors (Lipinski definition) is 2. The van der Waals surface area contributed by atoms with Crippen LogP contribution in [0.1, 0.15) is 6.92 Å². The number of benzene rings is 1. The first-order valence-electron chi connectivity index (χ1n) is 5.65. The molecule has 0 N–H and O–H groups in total. The number of Topliss-reactive ketones (excluding diaryl/α,β-unsaturated/α-hetero) is 1. The average molecular weight is 296 g/mol. The van der Waals surface area contributed by atoms with E-state index in [0.29, 0.717) is 15.6 Å². The topological polar surface area (TPSA) is 20.3 Å². The van der Waals surface area contributed by atoms with Crippen LogP contribution in [-0.2, 0) is 4.79 Å². The van der Waals surface area contributed by atoms with Crippen molar-refractivity contribution in [1.29, 1.82) is 0 Å². The van der Waals surface area contributed by atoms with E-state index in [4.69, 9.17) is 23.2 Å². The third-order valence-corrected chi connectivity index (χ3v) is 2.98. The molecule has 1 aromatic carbocycles. The molecular weight excluding hydrogens is 281 g/mol. The minimum atomic E-state index is -0.0324. The van der Waals surface area contributed by atoms with Crippen molar-refractivity contribution in [3.63, 3.8) is 0 Å². The van der Waals surface area contributed by atoms with Gasteiger partial charge in [-0.3, -0.25) is 4.79 Å². The Balaban J connectivity index is 3.09. The quantitative estimate of drug-likeness (QED) is 0.582. The fourth-order valence-electron chi connectivity index (χ4n) is 1.47. The minimum Gasteiger partial charge on any atom is -0.349 e. The number of nitrogens with zero attached hydrogens (tertiary/aromatic N) is 1. The van der Waals surface area contributed by atoms with Crippen molar-refractivity contribution in [1.82, 2.24) is 0 Å². The van der Waals surface area contributed by atoms with Gasteiger partial charge in [0.15, 0.2) is 5.78 Å². The van der Waals surface area contributed by atoms with E-state index in [-0.39, 0.29) is 5.78 Å². The number of anilines is 1. The predicted octanol–water partition coefficient (Wildman–Crippen LogP) is 4.64. The first-order chi connectivity index (χ1) is 8.95. The molecule has 0 fully saturated rings. The molecule has 0 radical (unpaired) electrons. The summed E-state index contributed by atoms with van der Waals surface area (Å²) in [6, 6.07) is 5.21. The Labute approximate surface area is 123 Å². The van der Waals surface area contributed by atoms with E-state index in [2.05, 4.69) is 6.58 Å². The van der Waals surface area contributed by atoms with Crippen molar-refractivity contribution in [3.05, 3.63) is 64.8 Å². The van der Waals surface area contributed by atoms with Gasteiger partial charge in [-0.25, -0.2) is 0 Å². The number of rotatable bonds is 5. The molecule has 0 saturated carbocycles. The van der Waals surface area contributed by atoms with Crippen LogP contribution in [0.5, 0.6) is 0 Å². The highest BCUT2D eigenvalue weighted by Gasteiger charge is 2.07. The number of ketones is 1. The Kier molecular flexibility index (Phi) is 5.87. The summed E-state index contributed by atoms with van der Waals surface area (Å²) in [5, 5.41) is 1.10. The number of carbonyl (C=O) groups is 1. The van der Waals surface area contributed by atoms with Crippen molar-refractivity contribution in [2.24, 2.45) is 0 Å². The molecule has 0 aliphatic heterocycles. The van der Waals surface area contributed by atoms with Crippen LogP contribution in [0.4, 0.5) is 5.69 Å². The van der Waals surface area contributed by atoms with E-state index in [1.807, 2.05) is 7.05 Å². The second-order valence-corrected chi connectivity index (χ2v) is 4.79. The van der Waals surface area contributed by atoms with Crippen LogP contribution < -0.4 is 4.90 Å². The predicted molar refractivity (Wildman–Crippen MR) is 83.0 cm³/mol. The molecule has 4 heteroatoms. The van der Waals surface area contributed by atoms with Crippen molar-refractivity contribution in [3.8, 4) is 0 Å². The Hall–Kier alpha value is -1.51. The molecular formula is C15H15Cl2NO. The molecule has 0 aliphatic rings. The molecule has 0 bridgehead atoms. The smallest absolute Gasteiger partial charge is 0.161 e. The summed E-state index contributed by atoms with van der Waals surface area (Å²) in [4.78, 5) is 13.3. The normalized spacial score (nSPS) is 11.7. The summed E-state index contributed by atoms with van der Waals surface area (Å²) in [7, 11) is 1.82. The average Bonchev–Trinajstić information content (AvgIpc) is 2.33. The van der Waals surface area contributed by atoms with Crippen molar-refractivity contribution in [2.75, 3.05) is 11.9 Å². The standard InChI is InChI=1S/C15H15Cl2NO/c1-4-5-6-12(11(2)19)10-18(3)15-8-7-13(16)9-14(15)17/h4-10H,1H2,2-3H3/b6-5-,12-10+. The SMILES string of the molecule is C=C/C=C\C(=C/N(C)c1ccc(Cl)cc1Cl)C(C)=O. The zero-order valence-corrected chi connectivity index (χ0v) is 12.4. The highest BCUT2D eigenvalue weighted by Crippen LogP contribution is 2.28. The highest BCUT2D eigenvalue weighted by atomic mass is 35.5. The van der Waals surface area contributed by atoms with Crippen molar-refractivity contribution < 1.29 is 4.79 Å². The molecule has 0 atom stereocenters. The summed E-state index contributed by atoms with van der Waals surface area (Å²) in [6.07, 6.45) is 6.75. The molecule has 19 heavy (non-hydrogen) atoms. The first kappa shape index (κ1) is 15.5. The van der Waals surface area contributed by atoms with Gasteiger partial charge in [0, 0.05) is 23.8 Å². The molecule has 100 valence electrons. The summed E-state index contributed by atoms with van der Waals surface area (Å²) < 4.78 is 0. The van der Waals surface area contributed by atoms with Crippen LogP contribution in [0.2, 0.25) is 10.0 Å². The molecule has 0 saturated heterocycles. The van der Waals surface area contributed by atoms with Gasteiger partial charge >= 0.3 is 0 Å². The number of allylic oxidation sites excluding steroid dienone is 4. The fourth-order valence-corrected chi connectivity index (χ4v) is 2.01. The molecule has 0 heterocycles. The van der Waals surface area contributed by atoms with Gasteiger partial charge in [0.25, 0.3) is 0 Å². The highest BCUT2D eigenvalue weighted by molar-refractivity contribution is 6.36. The fraction of sp³-hybridized carbons (Fsp3) is 0.133. The van der Waals surface area contributed by atoms with Crippen LogP contribution in [0.25, 0.3) is 0 Å². The maximum Gasteiger partial charge on any atom is 0.161 e. The molecule has 0 aromatic heterocycles. The van der Waals surface area contributed by atoms with Gasteiger partial charge in [0.2, 0.25) is 0 Å². The molecule has 0 aliphatic carbocycles. The molecule has 0 unspecified atom stereocenters. The Morgan fingerprint density at radius 1 is 1.37 bits per heavy atom. The third kappa shape index (κ3) is 4.58. The van der Waals surface area contributed by atoms with E-state index in [1.165, 1.54) is 6.92 Å². The Morgan fingerprint density at radius 2 is 2.05 bits per heavy atom. The first-order valence-corrected chi connectivity index (χ1v) is 6.41. The maximum atomic E-state index is 11.5. The molecule has 0 amide bonds. The number of hydrogen-bond donors (Lipinski definition) is 0. The zero-order valence-electron chi connectivity index (χ0n) is 10.9. The summed E-state index contributed by atoms with van der Waals surface area (Å²) in [5.74, 6) is -0.0324. The van der Waals surface area contributed by atoms with E-state index in [0.717, 1.165) is 5.69 Å². The van der Waals surface area contributed by atoms with Crippen molar-refractivity contribution in [2.45, 2.75) is 6.92 Å². The Morgan fingerprint density at radius 3 is 2.58 bits per heavy atom. The lowest BCUT2D eigenvalue weighted by Gasteiger charge is -2.17. The zero-order chi connectivity index (χ0) is 14.4. The molecule has 1 rings (SSSR count). The van der Waals surface area contributed by atoms with Crippen LogP contribution in [0.15, 0.2) is 54.8 Å². The lowest BCUT2D eigenvalue weighted by molar-refractivity contribution is -0.113. The molecule has 1 aromatic rings. The summed E-state index contributed by atoms with van der Waals surface area (Å²) in [6.45, 7) is 5.09. The number of halogens is 2. The van der Waals surface area contributed by atoms with Gasteiger partial charge in [0.1, 0.15) is 0 Å². The Bertz CT molecular complexity index is 547. The minimum absolute atomic E-state index is 0.0324. The maximum absolute atomic E-state index is 11.5. The van der Waals surface area contributed by atoms with Gasteiger partial charge in [-0.15, -0.1) is 0 Å². The van der Waals surface area contributed by atoms with E-state index >= 15 is 0 Å². The summed E-state index contributed by atoms with van der Waals surface area (Å²) in [5.41, 5.74) is 1.34. The largest absolute Gasteiger partial charge is 0.349 e. The number of carbonyl (C=O) groups excluding carboxylic acids is 1. The lowest BCUT2D eigenvalue weighted by Crippen LogP contribution is -2.11. The second kappa shape index (κ2) is 7.17. The van der Waals surface area contributed by atoms with E-state index < -0.39 is 0 Å². The molecule has 2 nitrogen and oxygen atoms in total. The summed E-state index contributed by atoms with van der Waals surface area (Å²) >= 11 is 12.0. The van der Waals surface area contributed by atoms with Gasteiger partial charge < -0.3 is 4.90 Å². The monoisotopic (exact) mass is 295 g/mol. The molecule has 0 spiro atoms. The second-order valence-electron chi connectivity index (χ2n) is 3.94. The van der Waals surface area contributed by atoms with Gasteiger partial charge in [0.05, 0.1) is 10.7 Å². The van der Waals surface area contributed by atoms with E-state index in [1.54, 1.807) is 47.5 Å². The van der Waals surface area contributed by atoms with Crippen LogP contribution in [0.3, 0.4) is 0 Å². The van der Waals surface area contributed by atoms with Crippen LogP contribution >= 0.6 is 23.2 Å². The lowest BCUT2D eigenvalue weighted by atomic mass is 10.2. The third-order valence-electron chi connectivity index (χ3n) is 2.44.